The highest BCUT2D eigenvalue weighted by molar-refractivity contribution is 9.10. The van der Waals surface area contributed by atoms with Crippen LogP contribution in [0.25, 0.3) is 6.08 Å². The van der Waals surface area contributed by atoms with Crippen LogP contribution < -0.4 is 24.5 Å². The van der Waals surface area contributed by atoms with E-state index in [2.05, 4.69) is 20.9 Å². The number of esters is 1. The average molecular weight is 556 g/mol. The topological polar surface area (TPSA) is 73.1 Å². The number of rotatable bonds is 6. The minimum atomic E-state index is -0.641. The lowest BCUT2D eigenvalue weighted by atomic mass is 9.95. The van der Waals surface area contributed by atoms with Gasteiger partial charge in [-0.3, -0.25) is 9.36 Å². The van der Waals surface area contributed by atoms with Crippen molar-refractivity contribution in [2.24, 2.45) is 4.99 Å². The summed E-state index contributed by atoms with van der Waals surface area (Å²) in [6.07, 6.45) is 1.81. The van der Waals surface area contributed by atoms with E-state index in [1.807, 2.05) is 67.5 Å². The molecule has 0 N–H and O–H groups in total. The van der Waals surface area contributed by atoms with Crippen LogP contribution in [-0.4, -0.2) is 38.3 Å². The fraction of sp³-hybridized carbons (Fsp3) is 0.269. The maximum Gasteiger partial charge on any atom is 0.338 e. The van der Waals surface area contributed by atoms with Crippen LogP contribution in [0, 0.1) is 0 Å². The third kappa shape index (κ3) is 4.83. The molecule has 4 rings (SSSR count). The molecule has 0 radical (unpaired) electrons. The normalized spacial score (nSPS) is 15.5. The molecule has 0 saturated carbocycles. The van der Waals surface area contributed by atoms with Crippen molar-refractivity contribution in [2.45, 2.75) is 19.9 Å². The molecular weight excluding hydrogens is 530 g/mol. The van der Waals surface area contributed by atoms with Crippen LogP contribution in [0.5, 0.6) is 5.75 Å². The van der Waals surface area contributed by atoms with Gasteiger partial charge in [-0.2, -0.15) is 0 Å². The molecule has 0 bridgehead atoms. The first-order valence-corrected chi connectivity index (χ1v) is 12.7. The summed E-state index contributed by atoms with van der Waals surface area (Å²) in [4.78, 5) is 33.9. The number of carbonyl (C=O) groups excluding carboxylic acids is 1. The number of allylic oxidation sites excluding steroid dienone is 1. The van der Waals surface area contributed by atoms with E-state index in [4.69, 9.17) is 9.47 Å². The van der Waals surface area contributed by atoms with Crippen LogP contribution >= 0.6 is 27.3 Å². The third-order valence-electron chi connectivity index (χ3n) is 5.73. The molecule has 0 amide bonds. The summed E-state index contributed by atoms with van der Waals surface area (Å²) >= 11 is 4.84. The molecule has 0 spiro atoms. The predicted octanol–water partition coefficient (Wildman–Crippen LogP) is 3.64. The van der Waals surface area contributed by atoms with Crippen molar-refractivity contribution in [3.8, 4) is 5.75 Å². The van der Waals surface area contributed by atoms with E-state index in [1.54, 1.807) is 25.5 Å². The molecule has 9 heteroatoms. The molecule has 7 nitrogen and oxygen atoms in total. The fourth-order valence-corrected chi connectivity index (χ4v) is 5.36. The van der Waals surface area contributed by atoms with Gasteiger partial charge >= 0.3 is 5.97 Å². The Morgan fingerprint density at radius 1 is 1.23 bits per heavy atom. The van der Waals surface area contributed by atoms with E-state index in [9.17, 15) is 9.59 Å². The van der Waals surface area contributed by atoms with E-state index in [1.165, 1.54) is 11.3 Å². The van der Waals surface area contributed by atoms with Gasteiger partial charge in [0.2, 0.25) is 0 Å². The minimum Gasteiger partial charge on any atom is -0.497 e. The number of thiazole rings is 1. The molecule has 0 saturated heterocycles. The Bertz CT molecular complexity index is 1490. The second kappa shape index (κ2) is 10.2. The standard InChI is InChI=1S/C26H26BrN3O4S/c1-6-34-25(32)22-15(2)28-26-30(23(22)16-7-9-18(10-8-16)29(3)4)24(31)21(35-26)14-17-13-19(33-5)11-12-20(17)27/h7-14,23H,6H2,1-5H3/b21-14-/t23-/m0/s1. The summed E-state index contributed by atoms with van der Waals surface area (Å²) in [7, 11) is 5.52. The van der Waals surface area contributed by atoms with Gasteiger partial charge in [-0.05, 0) is 61.4 Å². The molecule has 182 valence electrons. The lowest BCUT2D eigenvalue weighted by Crippen LogP contribution is -2.40. The number of ether oxygens (including phenoxy) is 2. The van der Waals surface area contributed by atoms with E-state index < -0.39 is 12.0 Å². The predicted molar refractivity (Wildman–Crippen MR) is 142 cm³/mol. The number of carbonyl (C=O) groups is 1. The number of aromatic nitrogens is 1. The lowest BCUT2D eigenvalue weighted by Gasteiger charge is -2.25. The van der Waals surface area contributed by atoms with Crippen molar-refractivity contribution in [1.82, 2.24) is 4.57 Å². The molecule has 0 unspecified atom stereocenters. The van der Waals surface area contributed by atoms with Gasteiger partial charge in [0, 0.05) is 24.3 Å². The Morgan fingerprint density at radius 3 is 2.57 bits per heavy atom. The maximum absolute atomic E-state index is 13.7. The van der Waals surface area contributed by atoms with Crippen molar-refractivity contribution in [2.75, 3.05) is 32.7 Å². The van der Waals surface area contributed by atoms with Crippen molar-refractivity contribution >= 4 is 45.0 Å². The van der Waals surface area contributed by atoms with E-state index >= 15 is 0 Å². The summed E-state index contributed by atoms with van der Waals surface area (Å²) < 4.78 is 13.6. The number of methoxy groups -OCH3 is 1. The first-order valence-electron chi connectivity index (χ1n) is 11.1. The van der Waals surface area contributed by atoms with Crippen LogP contribution in [0.4, 0.5) is 5.69 Å². The van der Waals surface area contributed by atoms with Crippen LogP contribution in [0.15, 0.2) is 68.0 Å². The summed E-state index contributed by atoms with van der Waals surface area (Å²) in [5.74, 6) is 0.215. The van der Waals surface area contributed by atoms with Gasteiger partial charge in [0.15, 0.2) is 4.80 Å². The van der Waals surface area contributed by atoms with E-state index in [0.717, 1.165) is 21.3 Å². The van der Waals surface area contributed by atoms with Gasteiger partial charge < -0.3 is 14.4 Å². The zero-order chi connectivity index (χ0) is 25.3. The van der Waals surface area contributed by atoms with E-state index in [-0.39, 0.29) is 12.2 Å². The highest BCUT2D eigenvalue weighted by Crippen LogP contribution is 2.31. The van der Waals surface area contributed by atoms with Crippen LogP contribution in [0.2, 0.25) is 0 Å². The van der Waals surface area contributed by atoms with Gasteiger partial charge in [0.1, 0.15) is 5.75 Å². The van der Waals surface area contributed by atoms with Crippen molar-refractivity contribution in [3.63, 3.8) is 0 Å². The van der Waals surface area contributed by atoms with Crippen LogP contribution in [0.3, 0.4) is 0 Å². The number of fused-ring (bicyclic) bond motifs is 1. The van der Waals surface area contributed by atoms with Crippen LogP contribution in [0.1, 0.15) is 31.0 Å². The van der Waals surface area contributed by atoms with Crippen molar-refractivity contribution in [1.29, 1.82) is 0 Å². The van der Waals surface area contributed by atoms with Crippen molar-refractivity contribution < 1.29 is 14.3 Å². The second-order valence-corrected chi connectivity index (χ2v) is 10.0. The van der Waals surface area contributed by atoms with Gasteiger partial charge in [-0.25, -0.2) is 9.79 Å². The highest BCUT2D eigenvalue weighted by atomic mass is 79.9. The summed E-state index contributed by atoms with van der Waals surface area (Å²) in [6.45, 7) is 3.77. The summed E-state index contributed by atoms with van der Waals surface area (Å²) in [5, 5.41) is 0. The Hall–Kier alpha value is -3.17. The first kappa shape index (κ1) is 24.9. The second-order valence-electron chi connectivity index (χ2n) is 8.18. The maximum atomic E-state index is 13.7. The van der Waals surface area contributed by atoms with Gasteiger partial charge in [0.25, 0.3) is 5.56 Å². The number of benzene rings is 2. The monoisotopic (exact) mass is 555 g/mol. The lowest BCUT2D eigenvalue weighted by molar-refractivity contribution is -0.139. The number of hydrogen-bond acceptors (Lipinski definition) is 7. The number of halogens is 1. The zero-order valence-corrected chi connectivity index (χ0v) is 22.6. The molecular formula is C26H26BrN3O4S. The largest absolute Gasteiger partial charge is 0.497 e. The fourth-order valence-electron chi connectivity index (χ4n) is 3.96. The van der Waals surface area contributed by atoms with Crippen LogP contribution in [-0.2, 0) is 9.53 Å². The molecule has 1 aliphatic heterocycles. The quantitative estimate of drug-likeness (QED) is 0.434. The molecule has 35 heavy (non-hydrogen) atoms. The van der Waals surface area contributed by atoms with Gasteiger partial charge in [-0.1, -0.05) is 39.4 Å². The number of anilines is 1. The molecule has 1 aliphatic rings. The average Bonchev–Trinajstić information content (AvgIpc) is 3.14. The molecule has 0 aliphatic carbocycles. The molecule has 2 aromatic carbocycles. The Kier molecular flexibility index (Phi) is 7.28. The first-order chi connectivity index (χ1) is 16.7. The summed E-state index contributed by atoms with van der Waals surface area (Å²) in [5.41, 5.74) is 3.32. The highest BCUT2D eigenvalue weighted by Gasteiger charge is 2.33. The molecule has 2 heterocycles. The molecule has 3 aromatic rings. The van der Waals surface area contributed by atoms with Gasteiger partial charge in [0.05, 0.1) is 35.6 Å². The summed E-state index contributed by atoms with van der Waals surface area (Å²) in [6, 6.07) is 12.7. The smallest absolute Gasteiger partial charge is 0.338 e. The Morgan fingerprint density at radius 2 is 1.94 bits per heavy atom. The molecule has 1 atom stereocenters. The number of hydrogen-bond donors (Lipinski definition) is 0. The zero-order valence-electron chi connectivity index (χ0n) is 20.2. The minimum absolute atomic E-state index is 0.223. The van der Waals surface area contributed by atoms with Crippen molar-refractivity contribution in [3.05, 3.63) is 89.0 Å². The Balaban J connectivity index is 1.94. The number of nitrogens with zero attached hydrogens (tertiary/aromatic N) is 3. The van der Waals surface area contributed by atoms with E-state index in [0.29, 0.717) is 26.4 Å². The van der Waals surface area contributed by atoms with Gasteiger partial charge in [-0.15, -0.1) is 0 Å². The Labute approximate surface area is 215 Å². The molecule has 1 aromatic heterocycles. The SMILES string of the molecule is CCOC(=O)C1=C(C)N=c2s/c(=C\c3cc(OC)ccc3Br)c(=O)n2[C@H]1c1ccc(N(C)C)cc1. The molecule has 0 fully saturated rings. The third-order valence-corrected chi connectivity index (χ3v) is 7.44.